The average Bonchev–Trinajstić information content (AvgIpc) is 2.97. The molecule has 1 fully saturated rings. The zero-order valence-corrected chi connectivity index (χ0v) is 24.1. The van der Waals surface area contributed by atoms with Gasteiger partial charge in [-0.25, -0.2) is 4.98 Å². The summed E-state index contributed by atoms with van der Waals surface area (Å²) in [5, 5.41) is 12.2. The summed E-state index contributed by atoms with van der Waals surface area (Å²) in [4.78, 5) is 26.4. The third kappa shape index (κ3) is 7.36. The number of carbonyl (C=O) groups is 1. The van der Waals surface area contributed by atoms with Gasteiger partial charge in [0.05, 0.1) is 17.9 Å². The predicted octanol–water partition coefficient (Wildman–Crippen LogP) is 5.04. The van der Waals surface area contributed by atoms with Crippen molar-refractivity contribution in [2.24, 2.45) is 0 Å². The number of ether oxygens (including phenoxy) is 1. The molecular weight excluding hydrogens is 500 g/mol. The number of likely N-dealkylation sites (tertiary alicyclic amines) is 1. The number of aryl methyl sites for hydroxylation is 2. The van der Waals surface area contributed by atoms with E-state index in [-0.39, 0.29) is 5.91 Å². The molecule has 4 rings (SSSR count). The molecule has 0 spiro atoms. The molecule has 0 aliphatic carbocycles. The first kappa shape index (κ1) is 29.0. The zero-order valence-electron chi connectivity index (χ0n) is 24.1. The summed E-state index contributed by atoms with van der Waals surface area (Å²) in [5.41, 5.74) is 4.67. The molecule has 2 aromatic heterocycles. The molecule has 3 aromatic rings. The first-order chi connectivity index (χ1) is 19.4. The average molecular weight is 541 g/mol. The number of anilines is 1. The van der Waals surface area contributed by atoms with Crippen LogP contribution in [0.1, 0.15) is 66.0 Å². The van der Waals surface area contributed by atoms with Gasteiger partial charge in [-0.3, -0.25) is 9.78 Å². The Labute approximate surface area is 238 Å². The minimum Gasteiger partial charge on any atom is -0.494 e. The lowest BCUT2D eigenvalue weighted by atomic mass is 9.99. The minimum absolute atomic E-state index is 0.126. The van der Waals surface area contributed by atoms with Gasteiger partial charge in [-0.1, -0.05) is 6.07 Å². The lowest BCUT2D eigenvalue weighted by Gasteiger charge is -2.42. The van der Waals surface area contributed by atoms with Crippen molar-refractivity contribution >= 4 is 11.6 Å². The van der Waals surface area contributed by atoms with Crippen LogP contribution in [0, 0.1) is 25.2 Å². The molecule has 3 heterocycles. The molecular formula is C32H40N6O2. The number of benzene rings is 1. The SMILES string of the molecule is CCOc1ccc(N(Cc2cccnc2)C2CCN(C(C)CCNC(=O)c3c(C)cc(C#N)nc3C)CC2)cc1. The van der Waals surface area contributed by atoms with Crippen LogP contribution in [-0.4, -0.2) is 59.1 Å². The molecule has 1 amide bonds. The van der Waals surface area contributed by atoms with Crippen LogP contribution in [0.15, 0.2) is 54.9 Å². The number of hydrogen-bond donors (Lipinski definition) is 1. The topological polar surface area (TPSA) is 94.4 Å². The Morgan fingerprint density at radius 2 is 1.98 bits per heavy atom. The summed E-state index contributed by atoms with van der Waals surface area (Å²) < 4.78 is 5.66. The van der Waals surface area contributed by atoms with E-state index in [0.717, 1.165) is 50.2 Å². The van der Waals surface area contributed by atoms with Crippen LogP contribution >= 0.6 is 0 Å². The van der Waals surface area contributed by atoms with Gasteiger partial charge in [0.25, 0.3) is 5.91 Å². The Morgan fingerprint density at radius 1 is 1.23 bits per heavy atom. The van der Waals surface area contributed by atoms with E-state index in [1.165, 1.54) is 11.3 Å². The van der Waals surface area contributed by atoms with Gasteiger partial charge in [0.1, 0.15) is 17.5 Å². The Balaban J connectivity index is 1.32. The second-order valence-corrected chi connectivity index (χ2v) is 10.5. The standard InChI is InChI=1S/C32H40N6O2/c1-5-40-30-10-8-28(9-11-30)38(22-26-7-6-15-34-21-26)29-13-17-37(18-14-29)24(3)12-16-35-32(39)31-23(2)19-27(20-33)36-25(31)4/h6-11,15,19,21,24,29H,5,12-14,16-18,22H2,1-4H3,(H,35,39). The first-order valence-corrected chi connectivity index (χ1v) is 14.2. The van der Waals surface area contributed by atoms with Gasteiger partial charge in [0.2, 0.25) is 0 Å². The normalized spacial score (nSPS) is 14.8. The van der Waals surface area contributed by atoms with Crippen molar-refractivity contribution in [2.45, 2.75) is 65.6 Å². The van der Waals surface area contributed by atoms with Crippen LogP contribution in [0.3, 0.4) is 0 Å². The molecule has 1 saturated heterocycles. The monoisotopic (exact) mass is 540 g/mol. The number of piperidine rings is 1. The van der Waals surface area contributed by atoms with Gasteiger partial charge in [-0.2, -0.15) is 5.26 Å². The fourth-order valence-electron chi connectivity index (χ4n) is 5.56. The zero-order chi connectivity index (χ0) is 28.5. The lowest BCUT2D eigenvalue weighted by Crippen LogP contribution is -2.48. The first-order valence-electron chi connectivity index (χ1n) is 14.2. The third-order valence-corrected chi connectivity index (χ3v) is 7.71. The van der Waals surface area contributed by atoms with E-state index in [4.69, 9.17) is 10.00 Å². The van der Waals surface area contributed by atoms with Crippen LogP contribution in [0.4, 0.5) is 5.69 Å². The molecule has 8 heteroatoms. The van der Waals surface area contributed by atoms with Crippen LogP contribution in [-0.2, 0) is 6.54 Å². The highest BCUT2D eigenvalue weighted by Gasteiger charge is 2.27. The van der Waals surface area contributed by atoms with E-state index in [1.54, 1.807) is 13.0 Å². The van der Waals surface area contributed by atoms with Crippen molar-refractivity contribution in [3.8, 4) is 11.8 Å². The summed E-state index contributed by atoms with van der Waals surface area (Å²) in [5.74, 6) is 0.767. The molecule has 40 heavy (non-hydrogen) atoms. The Hall–Kier alpha value is -3.96. The minimum atomic E-state index is -0.126. The Morgan fingerprint density at radius 3 is 2.60 bits per heavy atom. The van der Waals surface area contributed by atoms with E-state index < -0.39 is 0 Å². The molecule has 1 aliphatic heterocycles. The van der Waals surface area contributed by atoms with Crippen LogP contribution in [0.2, 0.25) is 0 Å². The highest BCUT2D eigenvalue weighted by molar-refractivity contribution is 5.96. The van der Waals surface area contributed by atoms with E-state index in [1.807, 2.05) is 38.4 Å². The summed E-state index contributed by atoms with van der Waals surface area (Å²) in [6.07, 6.45) is 6.77. The predicted molar refractivity (Wildman–Crippen MR) is 157 cm³/mol. The maximum atomic E-state index is 12.8. The summed E-state index contributed by atoms with van der Waals surface area (Å²) in [6.45, 7) is 12.0. The smallest absolute Gasteiger partial charge is 0.253 e. The van der Waals surface area contributed by atoms with E-state index in [9.17, 15) is 4.79 Å². The number of nitriles is 1. The molecule has 1 unspecified atom stereocenters. The van der Waals surface area contributed by atoms with Crippen molar-refractivity contribution in [3.63, 3.8) is 0 Å². The van der Waals surface area contributed by atoms with Crippen molar-refractivity contribution in [1.82, 2.24) is 20.2 Å². The van der Waals surface area contributed by atoms with E-state index >= 15 is 0 Å². The van der Waals surface area contributed by atoms with Gasteiger partial charge in [0, 0.05) is 56.3 Å². The highest BCUT2D eigenvalue weighted by Crippen LogP contribution is 2.28. The van der Waals surface area contributed by atoms with E-state index in [0.29, 0.717) is 42.2 Å². The van der Waals surface area contributed by atoms with Crippen molar-refractivity contribution < 1.29 is 9.53 Å². The lowest BCUT2D eigenvalue weighted by molar-refractivity contribution is 0.0943. The second-order valence-electron chi connectivity index (χ2n) is 10.5. The molecule has 210 valence electrons. The maximum Gasteiger partial charge on any atom is 0.253 e. The van der Waals surface area contributed by atoms with Crippen molar-refractivity contribution in [2.75, 3.05) is 31.1 Å². The molecule has 1 aliphatic rings. The van der Waals surface area contributed by atoms with Gasteiger partial charge in [-0.05, 0) is 94.5 Å². The largest absolute Gasteiger partial charge is 0.494 e. The van der Waals surface area contributed by atoms with Gasteiger partial charge >= 0.3 is 0 Å². The van der Waals surface area contributed by atoms with Gasteiger partial charge in [-0.15, -0.1) is 0 Å². The van der Waals surface area contributed by atoms with Gasteiger partial charge in [0.15, 0.2) is 0 Å². The number of rotatable bonds is 11. The molecule has 0 saturated carbocycles. The molecule has 8 nitrogen and oxygen atoms in total. The Kier molecular flexibility index (Phi) is 10.1. The number of nitrogens with one attached hydrogen (secondary N) is 1. The number of hydrogen-bond acceptors (Lipinski definition) is 7. The molecule has 0 radical (unpaired) electrons. The molecule has 1 atom stereocenters. The van der Waals surface area contributed by atoms with Crippen LogP contribution in [0.25, 0.3) is 0 Å². The second kappa shape index (κ2) is 13.9. The highest BCUT2D eigenvalue weighted by atomic mass is 16.5. The summed E-state index contributed by atoms with van der Waals surface area (Å²) >= 11 is 0. The number of pyridine rings is 2. The summed E-state index contributed by atoms with van der Waals surface area (Å²) in [6, 6.07) is 17.1. The van der Waals surface area contributed by atoms with Crippen molar-refractivity contribution in [1.29, 1.82) is 5.26 Å². The maximum absolute atomic E-state index is 12.8. The quantitative estimate of drug-likeness (QED) is 0.364. The van der Waals surface area contributed by atoms with Crippen LogP contribution in [0.5, 0.6) is 5.75 Å². The van der Waals surface area contributed by atoms with Gasteiger partial charge < -0.3 is 19.9 Å². The Bertz CT molecular complexity index is 1270. The molecule has 1 aromatic carbocycles. The third-order valence-electron chi connectivity index (χ3n) is 7.71. The summed E-state index contributed by atoms with van der Waals surface area (Å²) in [7, 11) is 0. The number of amides is 1. The van der Waals surface area contributed by atoms with E-state index in [2.05, 4.69) is 62.3 Å². The van der Waals surface area contributed by atoms with Crippen molar-refractivity contribution in [3.05, 3.63) is 82.9 Å². The molecule has 1 N–H and O–H groups in total. The number of carbonyl (C=O) groups excluding carboxylic acids is 1. The molecule has 0 bridgehead atoms. The number of aromatic nitrogens is 2. The fourth-order valence-corrected chi connectivity index (χ4v) is 5.56. The van der Waals surface area contributed by atoms with Crippen LogP contribution < -0.4 is 15.0 Å². The fraction of sp³-hybridized carbons (Fsp3) is 0.438. The number of nitrogens with zero attached hydrogens (tertiary/aromatic N) is 5.